The second kappa shape index (κ2) is 9.95. The number of nitrogens with one attached hydrogen (secondary N) is 1. The number of hydrogen-bond acceptors (Lipinski definition) is 6. The predicted molar refractivity (Wildman–Crippen MR) is 122 cm³/mol. The van der Waals surface area contributed by atoms with Crippen molar-refractivity contribution in [1.82, 2.24) is 5.32 Å². The molecule has 1 heterocycles. The monoisotopic (exact) mass is 444 g/mol. The highest BCUT2D eigenvalue weighted by molar-refractivity contribution is 8.14. The van der Waals surface area contributed by atoms with Crippen molar-refractivity contribution in [1.29, 1.82) is 0 Å². The largest absolute Gasteiger partial charge is 0.497 e. The summed E-state index contributed by atoms with van der Waals surface area (Å²) < 4.78 is 29.3. The molecule has 30 heavy (non-hydrogen) atoms. The Hall–Kier alpha value is -2.58. The van der Waals surface area contributed by atoms with E-state index in [2.05, 4.69) is 10.3 Å². The normalized spacial score (nSPS) is 16.5. The zero-order valence-electron chi connectivity index (χ0n) is 16.9. The van der Waals surface area contributed by atoms with Crippen LogP contribution in [0.2, 0.25) is 0 Å². The second-order valence-corrected chi connectivity index (χ2v) is 9.86. The van der Waals surface area contributed by atoms with Crippen molar-refractivity contribution in [2.45, 2.75) is 24.3 Å². The van der Waals surface area contributed by atoms with Gasteiger partial charge in [-0.1, -0.05) is 43.0 Å². The number of nitrogens with zero attached hydrogens (tertiary/aromatic N) is 1. The summed E-state index contributed by atoms with van der Waals surface area (Å²) in [6.45, 7) is 1.83. The molecule has 2 aromatic carbocycles. The van der Waals surface area contributed by atoms with E-state index >= 15 is 0 Å². The minimum atomic E-state index is -3.24. The van der Waals surface area contributed by atoms with Gasteiger partial charge in [0.1, 0.15) is 5.75 Å². The Morgan fingerprint density at radius 1 is 1.20 bits per heavy atom. The molecule has 158 valence electrons. The quantitative estimate of drug-likeness (QED) is 0.656. The zero-order chi connectivity index (χ0) is 21.6. The number of hydrogen-bond donors (Lipinski definition) is 1. The van der Waals surface area contributed by atoms with E-state index in [1.807, 2.05) is 31.2 Å². The Morgan fingerprint density at radius 3 is 2.53 bits per heavy atom. The molecule has 1 aliphatic heterocycles. The van der Waals surface area contributed by atoms with Crippen molar-refractivity contribution in [3.05, 3.63) is 65.7 Å². The molecule has 0 fully saturated rings. The molecular formula is C22H24N2O4S2. The van der Waals surface area contributed by atoms with Crippen LogP contribution in [0.4, 0.5) is 0 Å². The Labute approximate surface area is 181 Å². The number of rotatable bonds is 7. The van der Waals surface area contributed by atoms with E-state index < -0.39 is 9.84 Å². The summed E-state index contributed by atoms with van der Waals surface area (Å²) >= 11 is 1.50. The van der Waals surface area contributed by atoms with Crippen molar-refractivity contribution in [3.63, 3.8) is 0 Å². The number of amides is 1. The topological polar surface area (TPSA) is 84.8 Å². The van der Waals surface area contributed by atoms with Crippen LogP contribution < -0.4 is 10.1 Å². The number of amidine groups is 1. The maximum atomic E-state index is 12.2. The molecule has 1 unspecified atom stereocenters. The lowest BCUT2D eigenvalue weighted by molar-refractivity contribution is -0.115. The Kier molecular flexibility index (Phi) is 7.33. The van der Waals surface area contributed by atoms with Crippen molar-refractivity contribution < 1.29 is 17.9 Å². The van der Waals surface area contributed by atoms with Crippen LogP contribution in [0.25, 0.3) is 6.08 Å². The first-order chi connectivity index (χ1) is 14.4. The fourth-order valence-corrected chi connectivity index (χ4v) is 5.21. The van der Waals surface area contributed by atoms with E-state index in [-0.39, 0.29) is 17.7 Å². The molecule has 3 rings (SSSR count). The van der Waals surface area contributed by atoms with Crippen molar-refractivity contribution in [3.8, 4) is 5.75 Å². The molecule has 0 saturated heterocycles. The summed E-state index contributed by atoms with van der Waals surface area (Å²) in [4.78, 5) is 17.1. The Morgan fingerprint density at radius 2 is 1.90 bits per heavy atom. The van der Waals surface area contributed by atoms with Crippen LogP contribution in [0.3, 0.4) is 0 Å². The first-order valence-electron chi connectivity index (χ1n) is 9.57. The van der Waals surface area contributed by atoms with Gasteiger partial charge in [0, 0.05) is 11.8 Å². The SMILES string of the molecule is CCCS(=O)(=O)c1ccc(/C=C/C(=O)NC2=NC(c3ccc(OC)cc3)CS2)cc1. The van der Waals surface area contributed by atoms with Crippen LogP contribution >= 0.6 is 11.8 Å². The molecule has 2 aromatic rings. The molecule has 1 amide bonds. The van der Waals surface area contributed by atoms with Gasteiger partial charge in [-0.2, -0.15) is 0 Å². The molecule has 0 aromatic heterocycles. The average Bonchev–Trinajstić information content (AvgIpc) is 3.21. The summed E-state index contributed by atoms with van der Waals surface area (Å²) in [7, 11) is -1.61. The molecule has 0 radical (unpaired) electrons. The maximum Gasteiger partial charge on any atom is 0.249 e. The first kappa shape index (κ1) is 22.1. The second-order valence-electron chi connectivity index (χ2n) is 6.74. The summed E-state index contributed by atoms with van der Waals surface area (Å²) in [6.07, 6.45) is 3.64. The Bertz CT molecular complexity index is 1040. The number of carbonyl (C=O) groups is 1. The van der Waals surface area contributed by atoms with Crippen LogP contribution in [0.1, 0.15) is 30.5 Å². The average molecular weight is 445 g/mol. The van der Waals surface area contributed by atoms with Crippen LogP contribution in [-0.2, 0) is 14.6 Å². The number of benzene rings is 2. The van der Waals surface area contributed by atoms with Gasteiger partial charge in [0.25, 0.3) is 0 Å². The van der Waals surface area contributed by atoms with Crippen LogP contribution in [0, 0.1) is 0 Å². The molecule has 6 nitrogen and oxygen atoms in total. The van der Waals surface area contributed by atoms with E-state index in [9.17, 15) is 13.2 Å². The summed E-state index contributed by atoms with van der Waals surface area (Å²) in [5.41, 5.74) is 1.82. The molecule has 8 heteroatoms. The number of thioether (sulfide) groups is 1. The molecule has 1 aliphatic rings. The Balaban J connectivity index is 1.58. The smallest absolute Gasteiger partial charge is 0.249 e. The molecular weight excluding hydrogens is 420 g/mol. The molecule has 0 bridgehead atoms. The van der Waals surface area contributed by atoms with Crippen LogP contribution in [-0.4, -0.2) is 38.1 Å². The van der Waals surface area contributed by atoms with Gasteiger partial charge in [-0.05, 0) is 47.9 Å². The van der Waals surface area contributed by atoms with E-state index in [0.717, 1.165) is 22.6 Å². The molecule has 0 spiro atoms. The first-order valence-corrected chi connectivity index (χ1v) is 12.2. The van der Waals surface area contributed by atoms with Gasteiger partial charge in [-0.15, -0.1) is 0 Å². The van der Waals surface area contributed by atoms with Crippen LogP contribution in [0.5, 0.6) is 5.75 Å². The van der Waals surface area contributed by atoms with E-state index in [1.165, 1.54) is 17.8 Å². The number of sulfone groups is 1. The zero-order valence-corrected chi connectivity index (χ0v) is 18.5. The highest BCUT2D eigenvalue weighted by atomic mass is 32.2. The number of ether oxygens (including phenoxy) is 1. The van der Waals surface area contributed by atoms with Crippen LogP contribution in [0.15, 0.2) is 64.5 Å². The van der Waals surface area contributed by atoms with Crippen molar-refractivity contribution >= 4 is 38.7 Å². The molecule has 1 atom stereocenters. The lowest BCUT2D eigenvalue weighted by Crippen LogP contribution is -2.25. The number of aliphatic imine (C=N–C) groups is 1. The number of carbonyl (C=O) groups excluding carboxylic acids is 1. The van der Waals surface area contributed by atoms with Gasteiger partial charge in [-0.3, -0.25) is 9.79 Å². The lowest BCUT2D eigenvalue weighted by Gasteiger charge is -2.06. The minimum absolute atomic E-state index is 0.00204. The van der Waals surface area contributed by atoms with Gasteiger partial charge in [0.15, 0.2) is 15.0 Å². The third-order valence-corrected chi connectivity index (χ3v) is 7.42. The standard InChI is InChI=1S/C22H24N2O4S2/c1-3-14-30(26,27)19-11-4-16(5-12-19)6-13-21(25)24-22-23-20(15-29-22)17-7-9-18(28-2)10-8-17/h4-13,20H,3,14-15H2,1-2H3,(H,23,24,25)/b13-6+. The predicted octanol–water partition coefficient (Wildman–Crippen LogP) is 3.85. The highest BCUT2D eigenvalue weighted by Crippen LogP contribution is 2.30. The van der Waals surface area contributed by atoms with Crippen molar-refractivity contribution in [2.75, 3.05) is 18.6 Å². The number of methoxy groups -OCH3 is 1. The molecule has 0 saturated carbocycles. The maximum absolute atomic E-state index is 12.2. The van der Waals surface area contributed by atoms with Gasteiger partial charge in [-0.25, -0.2) is 8.42 Å². The fourth-order valence-electron chi connectivity index (χ4n) is 2.93. The summed E-state index contributed by atoms with van der Waals surface area (Å²) in [5, 5.41) is 3.38. The third kappa shape index (κ3) is 5.73. The minimum Gasteiger partial charge on any atom is -0.497 e. The molecule has 0 aliphatic carbocycles. The van der Waals surface area contributed by atoms with E-state index in [0.29, 0.717) is 16.5 Å². The van der Waals surface area contributed by atoms with E-state index in [1.54, 1.807) is 37.5 Å². The summed E-state index contributed by atoms with van der Waals surface area (Å²) in [5.74, 6) is 1.41. The molecule has 1 N–H and O–H groups in total. The van der Waals surface area contributed by atoms with E-state index in [4.69, 9.17) is 4.74 Å². The highest BCUT2D eigenvalue weighted by Gasteiger charge is 2.21. The van der Waals surface area contributed by atoms with Gasteiger partial charge >= 0.3 is 0 Å². The third-order valence-electron chi connectivity index (χ3n) is 4.52. The van der Waals surface area contributed by atoms with Gasteiger partial charge in [0.05, 0.1) is 23.8 Å². The lowest BCUT2D eigenvalue weighted by atomic mass is 10.1. The van der Waals surface area contributed by atoms with Gasteiger partial charge in [0.2, 0.25) is 5.91 Å². The van der Waals surface area contributed by atoms with Gasteiger partial charge < -0.3 is 10.1 Å². The summed E-state index contributed by atoms with van der Waals surface area (Å²) in [6, 6.07) is 14.3. The fraction of sp³-hybridized carbons (Fsp3) is 0.273. The van der Waals surface area contributed by atoms with Crippen molar-refractivity contribution in [2.24, 2.45) is 4.99 Å².